The van der Waals surface area contributed by atoms with Crippen molar-refractivity contribution in [1.82, 2.24) is 10.3 Å². The van der Waals surface area contributed by atoms with Gasteiger partial charge in [-0.05, 0) is 31.2 Å². The first-order chi connectivity index (χ1) is 12.1. The number of benzene rings is 1. The SMILES string of the molecule is COc1ccc(N2CC(C(=O)NCCc3csc(C)n3)CC2=O)cc1. The van der Waals surface area contributed by atoms with Crippen molar-refractivity contribution in [2.75, 3.05) is 25.1 Å². The second kappa shape index (κ2) is 7.65. The van der Waals surface area contributed by atoms with Gasteiger partial charge in [0.15, 0.2) is 0 Å². The van der Waals surface area contributed by atoms with Crippen LogP contribution in [-0.2, 0) is 16.0 Å². The molecule has 1 aliphatic heterocycles. The van der Waals surface area contributed by atoms with E-state index in [4.69, 9.17) is 4.74 Å². The Kier molecular flexibility index (Phi) is 5.33. The van der Waals surface area contributed by atoms with Gasteiger partial charge in [0, 0.05) is 37.0 Å². The van der Waals surface area contributed by atoms with Gasteiger partial charge in [-0.3, -0.25) is 9.59 Å². The van der Waals surface area contributed by atoms with E-state index in [-0.39, 0.29) is 24.2 Å². The molecule has 1 aliphatic rings. The van der Waals surface area contributed by atoms with Crippen LogP contribution < -0.4 is 15.0 Å². The molecular weight excluding hydrogens is 338 g/mol. The molecule has 1 N–H and O–H groups in total. The van der Waals surface area contributed by atoms with Gasteiger partial charge in [0.2, 0.25) is 11.8 Å². The molecule has 6 nitrogen and oxygen atoms in total. The minimum Gasteiger partial charge on any atom is -0.497 e. The predicted molar refractivity (Wildman–Crippen MR) is 97.0 cm³/mol. The van der Waals surface area contributed by atoms with Crippen molar-refractivity contribution in [3.05, 3.63) is 40.3 Å². The minimum absolute atomic E-state index is 0.0274. The lowest BCUT2D eigenvalue weighted by Crippen LogP contribution is -2.34. The average Bonchev–Trinajstić information content (AvgIpc) is 3.20. The van der Waals surface area contributed by atoms with Gasteiger partial charge in [0.05, 0.1) is 23.7 Å². The average molecular weight is 359 g/mol. The summed E-state index contributed by atoms with van der Waals surface area (Å²) in [7, 11) is 1.60. The molecule has 0 radical (unpaired) electrons. The smallest absolute Gasteiger partial charge is 0.227 e. The third kappa shape index (κ3) is 4.17. The molecule has 0 bridgehead atoms. The zero-order valence-corrected chi connectivity index (χ0v) is 15.1. The quantitative estimate of drug-likeness (QED) is 0.858. The molecule has 132 valence electrons. The molecule has 2 heterocycles. The predicted octanol–water partition coefficient (Wildman–Crippen LogP) is 2.17. The highest BCUT2D eigenvalue weighted by molar-refractivity contribution is 7.09. The molecular formula is C18H21N3O3S. The van der Waals surface area contributed by atoms with Crippen LogP contribution in [0.15, 0.2) is 29.6 Å². The molecule has 0 saturated carbocycles. The van der Waals surface area contributed by atoms with Gasteiger partial charge in [-0.25, -0.2) is 4.98 Å². The summed E-state index contributed by atoms with van der Waals surface area (Å²) in [5.74, 6) is 0.325. The van der Waals surface area contributed by atoms with Crippen molar-refractivity contribution < 1.29 is 14.3 Å². The van der Waals surface area contributed by atoms with Gasteiger partial charge in [-0.1, -0.05) is 0 Å². The van der Waals surface area contributed by atoms with Gasteiger partial charge in [0.25, 0.3) is 0 Å². The number of hydrogen-bond acceptors (Lipinski definition) is 5. The third-order valence-electron chi connectivity index (χ3n) is 4.23. The second-order valence-electron chi connectivity index (χ2n) is 6.00. The van der Waals surface area contributed by atoms with Gasteiger partial charge >= 0.3 is 0 Å². The van der Waals surface area contributed by atoms with Crippen LogP contribution in [0.25, 0.3) is 0 Å². The van der Waals surface area contributed by atoms with E-state index in [1.807, 2.05) is 36.6 Å². The second-order valence-corrected chi connectivity index (χ2v) is 7.06. The van der Waals surface area contributed by atoms with Crippen LogP contribution in [0.1, 0.15) is 17.1 Å². The lowest BCUT2D eigenvalue weighted by Gasteiger charge is -2.17. The molecule has 7 heteroatoms. The maximum Gasteiger partial charge on any atom is 0.227 e. The van der Waals surface area contributed by atoms with E-state index in [1.165, 1.54) is 0 Å². The lowest BCUT2D eigenvalue weighted by molar-refractivity contribution is -0.126. The summed E-state index contributed by atoms with van der Waals surface area (Å²) in [4.78, 5) is 30.6. The molecule has 0 aliphatic carbocycles. The maximum absolute atomic E-state index is 12.3. The van der Waals surface area contributed by atoms with Crippen LogP contribution in [0, 0.1) is 12.8 Å². The molecule has 2 amide bonds. The molecule has 0 spiro atoms. The first kappa shape index (κ1) is 17.4. The molecule has 1 saturated heterocycles. The largest absolute Gasteiger partial charge is 0.497 e. The molecule has 1 aromatic carbocycles. The zero-order valence-electron chi connectivity index (χ0n) is 14.3. The van der Waals surface area contributed by atoms with Crippen LogP contribution in [0.5, 0.6) is 5.75 Å². The van der Waals surface area contributed by atoms with Crippen LogP contribution in [-0.4, -0.2) is 37.0 Å². The Labute approximate surface area is 150 Å². The highest BCUT2D eigenvalue weighted by Crippen LogP contribution is 2.26. The fraction of sp³-hybridized carbons (Fsp3) is 0.389. The van der Waals surface area contributed by atoms with Crippen LogP contribution in [0.4, 0.5) is 5.69 Å². The maximum atomic E-state index is 12.3. The number of methoxy groups -OCH3 is 1. The summed E-state index contributed by atoms with van der Waals surface area (Å²) >= 11 is 1.61. The first-order valence-electron chi connectivity index (χ1n) is 8.20. The third-order valence-corrected chi connectivity index (χ3v) is 5.05. The normalized spacial score (nSPS) is 17.0. The van der Waals surface area contributed by atoms with Crippen LogP contribution in [0.2, 0.25) is 0 Å². The van der Waals surface area contributed by atoms with E-state index in [1.54, 1.807) is 23.3 Å². The number of nitrogens with zero attached hydrogens (tertiary/aromatic N) is 2. The number of anilines is 1. The fourth-order valence-electron chi connectivity index (χ4n) is 2.88. The van der Waals surface area contributed by atoms with Gasteiger partial charge in [-0.15, -0.1) is 11.3 Å². The van der Waals surface area contributed by atoms with Gasteiger partial charge < -0.3 is 15.0 Å². The van der Waals surface area contributed by atoms with E-state index in [2.05, 4.69) is 10.3 Å². The van der Waals surface area contributed by atoms with Crippen molar-refractivity contribution in [2.24, 2.45) is 5.92 Å². The minimum atomic E-state index is -0.313. The molecule has 1 aromatic heterocycles. The molecule has 25 heavy (non-hydrogen) atoms. The number of hydrogen-bond donors (Lipinski definition) is 1. The Morgan fingerprint density at radius 1 is 1.40 bits per heavy atom. The van der Waals surface area contributed by atoms with Gasteiger partial charge in [0.1, 0.15) is 5.75 Å². The fourth-order valence-corrected chi connectivity index (χ4v) is 3.52. The van der Waals surface area contributed by atoms with Crippen LogP contribution >= 0.6 is 11.3 Å². The van der Waals surface area contributed by atoms with Crippen molar-refractivity contribution in [3.8, 4) is 5.75 Å². The Morgan fingerprint density at radius 3 is 2.80 bits per heavy atom. The summed E-state index contributed by atoms with van der Waals surface area (Å²) < 4.78 is 5.13. The van der Waals surface area contributed by atoms with E-state index in [0.717, 1.165) is 22.1 Å². The zero-order chi connectivity index (χ0) is 17.8. The molecule has 3 rings (SSSR count). The molecule has 1 atom stereocenters. The number of thiazole rings is 1. The van der Waals surface area contributed by atoms with Crippen molar-refractivity contribution in [1.29, 1.82) is 0 Å². The number of aromatic nitrogens is 1. The molecule has 1 fully saturated rings. The van der Waals surface area contributed by atoms with Gasteiger partial charge in [-0.2, -0.15) is 0 Å². The Hall–Kier alpha value is -2.41. The van der Waals surface area contributed by atoms with Crippen molar-refractivity contribution in [3.63, 3.8) is 0 Å². The number of aryl methyl sites for hydroxylation is 1. The number of carbonyl (C=O) groups is 2. The summed E-state index contributed by atoms with van der Waals surface area (Å²) in [5.41, 5.74) is 1.78. The summed E-state index contributed by atoms with van der Waals surface area (Å²) in [6.07, 6.45) is 0.951. The number of amides is 2. The standard InChI is InChI=1S/C18H21N3O3S/c1-12-20-14(11-25-12)7-8-19-18(23)13-9-17(22)21(10-13)15-3-5-16(24-2)6-4-15/h3-6,11,13H,7-10H2,1-2H3,(H,19,23). The van der Waals surface area contributed by atoms with E-state index >= 15 is 0 Å². The number of carbonyl (C=O) groups excluding carboxylic acids is 2. The highest BCUT2D eigenvalue weighted by atomic mass is 32.1. The number of nitrogens with one attached hydrogen (secondary N) is 1. The number of ether oxygens (including phenoxy) is 1. The summed E-state index contributed by atoms with van der Waals surface area (Å²) in [5, 5.41) is 5.95. The summed E-state index contributed by atoms with van der Waals surface area (Å²) in [6.45, 7) is 2.91. The Bertz CT molecular complexity index is 757. The van der Waals surface area contributed by atoms with Crippen LogP contribution in [0.3, 0.4) is 0 Å². The first-order valence-corrected chi connectivity index (χ1v) is 9.08. The van der Waals surface area contributed by atoms with Crippen molar-refractivity contribution in [2.45, 2.75) is 19.8 Å². The number of rotatable bonds is 6. The lowest BCUT2D eigenvalue weighted by atomic mass is 10.1. The van der Waals surface area contributed by atoms with E-state index < -0.39 is 0 Å². The van der Waals surface area contributed by atoms with E-state index in [0.29, 0.717) is 19.5 Å². The molecule has 2 aromatic rings. The highest BCUT2D eigenvalue weighted by Gasteiger charge is 2.34. The monoisotopic (exact) mass is 359 g/mol. The Balaban J connectivity index is 1.53. The topological polar surface area (TPSA) is 71.5 Å². The van der Waals surface area contributed by atoms with Crippen molar-refractivity contribution >= 4 is 28.8 Å². The Morgan fingerprint density at radius 2 is 2.16 bits per heavy atom. The summed E-state index contributed by atoms with van der Waals surface area (Å²) in [6, 6.07) is 7.29. The molecule has 1 unspecified atom stereocenters. The van der Waals surface area contributed by atoms with E-state index in [9.17, 15) is 9.59 Å².